The lowest BCUT2D eigenvalue weighted by molar-refractivity contribution is 0.292. The summed E-state index contributed by atoms with van der Waals surface area (Å²) < 4.78 is 7.12. The van der Waals surface area contributed by atoms with Crippen molar-refractivity contribution in [3.8, 4) is 17.3 Å². The highest BCUT2D eigenvalue weighted by Crippen LogP contribution is 2.37. The van der Waals surface area contributed by atoms with Crippen LogP contribution in [0.5, 0.6) is 0 Å². The Hall–Kier alpha value is -2.57. The summed E-state index contributed by atoms with van der Waals surface area (Å²) in [6.07, 6.45) is 15.1. The zero-order chi connectivity index (χ0) is 18.5. The van der Waals surface area contributed by atoms with Gasteiger partial charge in [-0.3, -0.25) is 0 Å². The second kappa shape index (κ2) is 8.41. The summed E-state index contributed by atoms with van der Waals surface area (Å²) in [7, 11) is 0. The summed E-state index contributed by atoms with van der Waals surface area (Å²) in [6, 6.07) is 3.79. The summed E-state index contributed by atoms with van der Waals surface area (Å²) in [6.45, 7) is 2.27. The molecule has 1 aliphatic carbocycles. The highest BCUT2D eigenvalue weighted by molar-refractivity contribution is 5.52. The molecule has 3 aromatic rings. The number of pyridine rings is 1. The lowest BCUT2D eigenvalue weighted by atomic mass is 9.79. The van der Waals surface area contributed by atoms with Crippen LogP contribution in [0.1, 0.15) is 70.0 Å². The molecule has 3 aromatic heterocycles. The molecule has 7 nitrogen and oxygen atoms in total. The first-order chi connectivity index (χ1) is 13.3. The molecule has 0 N–H and O–H groups in total. The van der Waals surface area contributed by atoms with Crippen molar-refractivity contribution in [2.45, 2.75) is 64.2 Å². The first kappa shape index (κ1) is 17.8. The van der Waals surface area contributed by atoms with E-state index in [9.17, 15) is 0 Å². The summed E-state index contributed by atoms with van der Waals surface area (Å²) in [4.78, 5) is 13.0. The fourth-order valence-electron chi connectivity index (χ4n) is 3.88. The minimum Gasteiger partial charge on any atom is -0.334 e. The molecule has 1 fully saturated rings. The summed E-state index contributed by atoms with van der Waals surface area (Å²) >= 11 is 0. The van der Waals surface area contributed by atoms with E-state index in [1.54, 1.807) is 17.2 Å². The van der Waals surface area contributed by atoms with Crippen LogP contribution in [0.25, 0.3) is 17.3 Å². The van der Waals surface area contributed by atoms with Gasteiger partial charge in [0.05, 0.1) is 5.56 Å². The quantitative estimate of drug-likeness (QED) is 0.570. The average Bonchev–Trinajstić information content (AvgIpc) is 3.41. The second-order valence-corrected chi connectivity index (χ2v) is 7.42. The Balaban J connectivity index is 1.36. The van der Waals surface area contributed by atoms with Gasteiger partial charge in [0.1, 0.15) is 12.7 Å². The Bertz CT molecular complexity index is 819. The molecule has 0 aromatic carbocycles. The molecule has 0 saturated heterocycles. The van der Waals surface area contributed by atoms with Crippen LogP contribution in [0.15, 0.2) is 35.5 Å². The number of rotatable bonds is 7. The number of nitrogens with zero attached hydrogens (tertiary/aromatic N) is 6. The van der Waals surface area contributed by atoms with Crippen molar-refractivity contribution >= 4 is 0 Å². The molecule has 1 aliphatic rings. The minimum absolute atomic E-state index is 0.423. The third kappa shape index (κ3) is 4.23. The number of unbranched alkanes of at least 4 members (excludes halogenated alkanes) is 2. The van der Waals surface area contributed by atoms with E-state index in [4.69, 9.17) is 4.52 Å². The van der Waals surface area contributed by atoms with Crippen molar-refractivity contribution in [1.82, 2.24) is 29.9 Å². The Morgan fingerprint density at radius 2 is 2.04 bits per heavy atom. The van der Waals surface area contributed by atoms with Gasteiger partial charge >= 0.3 is 0 Å². The first-order valence-corrected chi connectivity index (χ1v) is 9.98. The Kier molecular flexibility index (Phi) is 5.55. The van der Waals surface area contributed by atoms with Crippen LogP contribution in [-0.2, 0) is 0 Å². The van der Waals surface area contributed by atoms with Crippen LogP contribution >= 0.6 is 0 Å². The first-order valence-electron chi connectivity index (χ1n) is 9.98. The zero-order valence-electron chi connectivity index (χ0n) is 15.8. The molecule has 0 radical (unpaired) electrons. The van der Waals surface area contributed by atoms with Crippen molar-refractivity contribution in [1.29, 1.82) is 0 Å². The maximum atomic E-state index is 5.50. The maximum Gasteiger partial charge on any atom is 0.259 e. The largest absolute Gasteiger partial charge is 0.334 e. The molecule has 0 atom stereocenters. The summed E-state index contributed by atoms with van der Waals surface area (Å²) in [5.41, 5.74) is 0.825. The zero-order valence-corrected chi connectivity index (χ0v) is 15.8. The van der Waals surface area contributed by atoms with Gasteiger partial charge in [0.15, 0.2) is 11.6 Å². The molecule has 27 heavy (non-hydrogen) atoms. The molecule has 0 spiro atoms. The standard InChI is InChI=1S/C20H26N6O/c1-2-3-4-5-15-6-8-16(9-7-15)19-24-20(27-25-19)17-10-11-18(22-12-17)26-14-21-13-23-26/h10-16H,2-9H2,1H3/t15-,16-. The van der Waals surface area contributed by atoms with Crippen molar-refractivity contribution in [2.75, 3.05) is 0 Å². The van der Waals surface area contributed by atoms with E-state index in [0.29, 0.717) is 17.6 Å². The molecule has 7 heteroatoms. The number of hydrogen-bond acceptors (Lipinski definition) is 6. The molecular formula is C20H26N6O. The predicted octanol–water partition coefficient (Wildman–Crippen LogP) is 4.57. The second-order valence-electron chi connectivity index (χ2n) is 7.42. The molecule has 0 bridgehead atoms. The van der Waals surface area contributed by atoms with Crippen LogP contribution in [0.4, 0.5) is 0 Å². The molecule has 0 amide bonds. The summed E-state index contributed by atoms with van der Waals surface area (Å²) in [5, 5.41) is 8.32. The van der Waals surface area contributed by atoms with Gasteiger partial charge in [-0.25, -0.2) is 14.6 Å². The van der Waals surface area contributed by atoms with E-state index in [-0.39, 0.29) is 0 Å². The summed E-state index contributed by atoms with van der Waals surface area (Å²) in [5.74, 6) is 3.39. The maximum absolute atomic E-state index is 5.50. The van der Waals surface area contributed by atoms with Gasteiger partial charge in [-0.2, -0.15) is 10.1 Å². The predicted molar refractivity (Wildman–Crippen MR) is 101 cm³/mol. The van der Waals surface area contributed by atoms with Gasteiger partial charge in [-0.1, -0.05) is 37.8 Å². The SMILES string of the molecule is CCCCC[C@H]1CC[C@H](c2noc(-c3ccc(-n4cncn4)nc3)n2)CC1. The normalized spacial score (nSPS) is 20.0. The molecule has 3 heterocycles. The fraction of sp³-hybridized carbons (Fsp3) is 0.550. The molecule has 1 saturated carbocycles. The Morgan fingerprint density at radius 3 is 2.74 bits per heavy atom. The third-order valence-electron chi connectivity index (χ3n) is 5.52. The number of aromatic nitrogens is 6. The smallest absolute Gasteiger partial charge is 0.259 e. The van der Waals surface area contributed by atoms with E-state index in [2.05, 4.69) is 32.1 Å². The van der Waals surface area contributed by atoms with E-state index in [1.807, 2.05) is 12.1 Å². The minimum atomic E-state index is 0.423. The van der Waals surface area contributed by atoms with E-state index in [1.165, 1.54) is 57.7 Å². The molecular weight excluding hydrogens is 340 g/mol. The van der Waals surface area contributed by atoms with Gasteiger partial charge < -0.3 is 4.52 Å². The van der Waals surface area contributed by atoms with Crippen LogP contribution in [-0.4, -0.2) is 29.9 Å². The van der Waals surface area contributed by atoms with Gasteiger partial charge in [0, 0.05) is 12.1 Å². The van der Waals surface area contributed by atoms with Crippen molar-refractivity contribution in [3.05, 3.63) is 36.8 Å². The van der Waals surface area contributed by atoms with Crippen molar-refractivity contribution in [3.63, 3.8) is 0 Å². The lowest BCUT2D eigenvalue weighted by Crippen LogP contribution is -2.14. The fourth-order valence-corrected chi connectivity index (χ4v) is 3.88. The average molecular weight is 366 g/mol. The van der Waals surface area contributed by atoms with Crippen molar-refractivity contribution < 1.29 is 4.52 Å². The Labute approximate surface area is 159 Å². The van der Waals surface area contributed by atoms with E-state index < -0.39 is 0 Å². The van der Waals surface area contributed by atoms with Crippen LogP contribution < -0.4 is 0 Å². The van der Waals surface area contributed by atoms with Crippen LogP contribution in [0.2, 0.25) is 0 Å². The monoisotopic (exact) mass is 366 g/mol. The van der Waals surface area contributed by atoms with Gasteiger partial charge in [0.25, 0.3) is 5.89 Å². The third-order valence-corrected chi connectivity index (χ3v) is 5.52. The van der Waals surface area contributed by atoms with Gasteiger partial charge in [-0.15, -0.1) is 0 Å². The topological polar surface area (TPSA) is 82.5 Å². The van der Waals surface area contributed by atoms with E-state index in [0.717, 1.165) is 17.3 Å². The van der Waals surface area contributed by atoms with Gasteiger partial charge in [-0.05, 0) is 43.7 Å². The highest BCUT2D eigenvalue weighted by Gasteiger charge is 2.26. The Morgan fingerprint density at radius 1 is 1.15 bits per heavy atom. The molecule has 4 rings (SSSR count). The van der Waals surface area contributed by atoms with Crippen LogP contribution in [0.3, 0.4) is 0 Å². The molecule has 0 unspecified atom stereocenters. The number of hydrogen-bond donors (Lipinski definition) is 0. The van der Waals surface area contributed by atoms with E-state index >= 15 is 0 Å². The van der Waals surface area contributed by atoms with Crippen molar-refractivity contribution in [2.24, 2.45) is 5.92 Å². The lowest BCUT2D eigenvalue weighted by Gasteiger charge is -2.26. The van der Waals surface area contributed by atoms with Gasteiger partial charge in [0.2, 0.25) is 0 Å². The van der Waals surface area contributed by atoms with Crippen LogP contribution in [0, 0.1) is 5.92 Å². The molecule has 142 valence electrons. The highest BCUT2D eigenvalue weighted by atomic mass is 16.5. The molecule has 0 aliphatic heterocycles.